The van der Waals surface area contributed by atoms with Gasteiger partial charge in [0, 0.05) is 18.2 Å². The van der Waals surface area contributed by atoms with Crippen molar-refractivity contribution < 1.29 is 17.9 Å². The maximum atomic E-state index is 12.4. The van der Waals surface area contributed by atoms with E-state index in [0.29, 0.717) is 11.8 Å². The molecule has 1 fully saturated rings. The van der Waals surface area contributed by atoms with Gasteiger partial charge in [-0.25, -0.2) is 0 Å². The van der Waals surface area contributed by atoms with Gasteiger partial charge in [-0.05, 0) is 48.4 Å². The van der Waals surface area contributed by atoms with Gasteiger partial charge in [0.2, 0.25) is 0 Å². The number of rotatable bonds is 2. The van der Waals surface area contributed by atoms with Crippen LogP contribution < -0.4 is 10.1 Å². The molecule has 0 saturated heterocycles. The number of hydrogen-bond donors (Lipinski definition) is 1. The number of fused-ring (bicyclic) bond motifs is 1. The lowest BCUT2D eigenvalue weighted by molar-refractivity contribution is -0.274. The van der Waals surface area contributed by atoms with Crippen LogP contribution in [0.2, 0.25) is 0 Å². The smallest absolute Gasteiger partial charge is 0.406 e. The van der Waals surface area contributed by atoms with Crippen LogP contribution in [0.15, 0.2) is 18.2 Å². The Kier molecular flexibility index (Phi) is 3.76. The van der Waals surface area contributed by atoms with Crippen LogP contribution in [0.4, 0.5) is 18.9 Å². The Bertz CT molecular complexity index is 507. The summed E-state index contributed by atoms with van der Waals surface area (Å²) < 4.78 is 41.1. The average Bonchev–Trinajstić information content (AvgIpc) is 2.81. The Morgan fingerprint density at radius 3 is 2.52 bits per heavy atom. The van der Waals surface area contributed by atoms with Gasteiger partial charge >= 0.3 is 6.36 Å². The number of hydrogen-bond acceptors (Lipinski definition) is 2. The van der Waals surface area contributed by atoms with Crippen LogP contribution in [0.5, 0.6) is 5.75 Å². The molecule has 1 heterocycles. The van der Waals surface area contributed by atoms with Crippen LogP contribution in [-0.4, -0.2) is 12.9 Å². The second-order valence-electron chi connectivity index (χ2n) is 6.30. The minimum Gasteiger partial charge on any atom is -0.406 e. The summed E-state index contributed by atoms with van der Waals surface area (Å²) in [5.74, 6) is 1.54. The average molecular weight is 299 g/mol. The largest absolute Gasteiger partial charge is 0.573 e. The third kappa shape index (κ3) is 3.27. The van der Waals surface area contributed by atoms with Crippen molar-refractivity contribution in [1.82, 2.24) is 0 Å². The molecule has 0 radical (unpaired) electrons. The normalized spacial score (nSPS) is 28.9. The van der Waals surface area contributed by atoms with E-state index in [9.17, 15) is 13.2 Å². The van der Waals surface area contributed by atoms with Crippen molar-refractivity contribution in [1.29, 1.82) is 0 Å². The standard InChI is InChI=1S/C16H20F3NO/c1-10-2-4-11(5-3-10)14-9-20-15-7-6-12(8-13(14)15)21-16(17,18)19/h6-8,10-11,14,20H,2-5,9H2,1H3. The zero-order chi connectivity index (χ0) is 15.0. The second kappa shape index (κ2) is 5.43. The predicted molar refractivity (Wildman–Crippen MR) is 75.5 cm³/mol. The van der Waals surface area contributed by atoms with Gasteiger partial charge in [0.25, 0.3) is 0 Å². The summed E-state index contributed by atoms with van der Waals surface area (Å²) >= 11 is 0. The summed E-state index contributed by atoms with van der Waals surface area (Å²) in [7, 11) is 0. The number of ether oxygens (including phenoxy) is 1. The lowest BCUT2D eigenvalue weighted by Gasteiger charge is -2.30. The minimum atomic E-state index is -4.63. The van der Waals surface area contributed by atoms with Crippen LogP contribution in [-0.2, 0) is 0 Å². The molecule has 2 nitrogen and oxygen atoms in total. The Morgan fingerprint density at radius 1 is 1.14 bits per heavy atom. The number of nitrogens with one attached hydrogen (secondary N) is 1. The molecular formula is C16H20F3NO. The Balaban J connectivity index is 1.78. The van der Waals surface area contributed by atoms with Gasteiger partial charge < -0.3 is 10.1 Å². The van der Waals surface area contributed by atoms with Crippen molar-refractivity contribution in [2.75, 3.05) is 11.9 Å². The Labute approximate surface area is 122 Å². The molecule has 5 heteroatoms. The quantitative estimate of drug-likeness (QED) is 0.837. The van der Waals surface area contributed by atoms with Crippen LogP contribution in [0.1, 0.15) is 44.1 Å². The summed E-state index contributed by atoms with van der Waals surface area (Å²) in [6.07, 6.45) is 0.134. The lowest BCUT2D eigenvalue weighted by Crippen LogP contribution is -2.21. The zero-order valence-corrected chi connectivity index (χ0v) is 12.0. The lowest BCUT2D eigenvalue weighted by atomic mass is 9.74. The molecule has 1 atom stereocenters. The molecule has 1 saturated carbocycles. The van der Waals surface area contributed by atoms with Gasteiger partial charge in [0.15, 0.2) is 0 Å². The first kappa shape index (κ1) is 14.5. The van der Waals surface area contributed by atoms with Gasteiger partial charge in [-0.1, -0.05) is 19.8 Å². The van der Waals surface area contributed by atoms with E-state index in [1.54, 1.807) is 12.1 Å². The molecule has 116 valence electrons. The van der Waals surface area contributed by atoms with Gasteiger partial charge in [-0.3, -0.25) is 0 Å². The van der Waals surface area contributed by atoms with Crippen LogP contribution in [0, 0.1) is 11.8 Å². The fourth-order valence-electron chi connectivity index (χ4n) is 3.64. The summed E-state index contributed by atoms with van der Waals surface area (Å²) in [4.78, 5) is 0. The highest BCUT2D eigenvalue weighted by atomic mass is 19.4. The monoisotopic (exact) mass is 299 g/mol. The summed E-state index contributed by atoms with van der Waals surface area (Å²) in [6, 6.07) is 4.64. The molecular weight excluding hydrogens is 279 g/mol. The fourth-order valence-corrected chi connectivity index (χ4v) is 3.64. The topological polar surface area (TPSA) is 21.3 Å². The molecule has 0 bridgehead atoms. The van der Waals surface area contributed by atoms with Crippen molar-refractivity contribution in [3.63, 3.8) is 0 Å². The van der Waals surface area contributed by atoms with E-state index in [0.717, 1.165) is 36.6 Å². The number of anilines is 1. The first-order valence-corrected chi connectivity index (χ1v) is 7.56. The number of alkyl halides is 3. The molecule has 1 aromatic rings. The molecule has 21 heavy (non-hydrogen) atoms. The van der Waals surface area contributed by atoms with Crippen molar-refractivity contribution >= 4 is 5.69 Å². The maximum absolute atomic E-state index is 12.4. The van der Waals surface area contributed by atoms with E-state index in [1.165, 1.54) is 18.9 Å². The van der Waals surface area contributed by atoms with Gasteiger partial charge in [-0.2, -0.15) is 0 Å². The third-order valence-electron chi connectivity index (χ3n) is 4.80. The Hall–Kier alpha value is -1.39. The van der Waals surface area contributed by atoms with E-state index >= 15 is 0 Å². The van der Waals surface area contributed by atoms with Crippen LogP contribution in [0.25, 0.3) is 0 Å². The number of halogens is 3. The van der Waals surface area contributed by atoms with E-state index < -0.39 is 6.36 Å². The maximum Gasteiger partial charge on any atom is 0.573 e. The zero-order valence-electron chi connectivity index (χ0n) is 12.0. The third-order valence-corrected chi connectivity index (χ3v) is 4.80. The molecule has 1 N–H and O–H groups in total. The van der Waals surface area contributed by atoms with E-state index in [1.807, 2.05) is 0 Å². The molecule has 0 spiro atoms. The Morgan fingerprint density at radius 2 is 1.86 bits per heavy atom. The SMILES string of the molecule is CC1CCC(C2CNc3ccc(OC(F)(F)F)cc32)CC1. The van der Waals surface area contributed by atoms with Crippen molar-refractivity contribution in [2.45, 2.75) is 44.9 Å². The second-order valence-corrected chi connectivity index (χ2v) is 6.30. The molecule has 1 aliphatic heterocycles. The highest BCUT2D eigenvalue weighted by molar-refractivity contribution is 5.60. The van der Waals surface area contributed by atoms with E-state index in [2.05, 4.69) is 17.0 Å². The predicted octanol–water partition coefficient (Wildman–Crippen LogP) is 4.92. The first-order chi connectivity index (χ1) is 9.92. The number of benzene rings is 1. The van der Waals surface area contributed by atoms with Crippen molar-refractivity contribution in [3.8, 4) is 5.75 Å². The van der Waals surface area contributed by atoms with E-state index in [4.69, 9.17) is 0 Å². The van der Waals surface area contributed by atoms with E-state index in [-0.39, 0.29) is 5.75 Å². The summed E-state index contributed by atoms with van der Waals surface area (Å²) in [5, 5.41) is 3.31. The highest BCUT2D eigenvalue weighted by Gasteiger charge is 2.34. The molecule has 3 rings (SSSR count). The fraction of sp³-hybridized carbons (Fsp3) is 0.625. The summed E-state index contributed by atoms with van der Waals surface area (Å²) in [6.45, 7) is 3.09. The molecule has 1 aliphatic carbocycles. The van der Waals surface area contributed by atoms with Crippen molar-refractivity contribution in [3.05, 3.63) is 23.8 Å². The van der Waals surface area contributed by atoms with Crippen molar-refractivity contribution in [2.24, 2.45) is 11.8 Å². The summed E-state index contributed by atoms with van der Waals surface area (Å²) in [5.41, 5.74) is 1.93. The molecule has 1 unspecified atom stereocenters. The van der Waals surface area contributed by atoms with Gasteiger partial charge in [0.1, 0.15) is 5.75 Å². The molecule has 0 aromatic heterocycles. The van der Waals surface area contributed by atoms with Crippen LogP contribution in [0.3, 0.4) is 0 Å². The molecule has 1 aromatic carbocycles. The first-order valence-electron chi connectivity index (χ1n) is 7.56. The minimum absolute atomic E-state index is 0.112. The van der Waals surface area contributed by atoms with Crippen LogP contribution >= 0.6 is 0 Å². The van der Waals surface area contributed by atoms with Gasteiger partial charge in [0.05, 0.1) is 0 Å². The molecule has 0 amide bonds. The van der Waals surface area contributed by atoms with Gasteiger partial charge in [-0.15, -0.1) is 13.2 Å². The highest BCUT2D eigenvalue weighted by Crippen LogP contribution is 2.44. The molecule has 2 aliphatic rings.